The fraction of sp³-hybridized carbons (Fsp3) is 0.370. The zero-order valence-electron chi connectivity index (χ0n) is 43.0. The van der Waals surface area contributed by atoms with Crippen molar-refractivity contribution < 1.29 is 68.4 Å². The van der Waals surface area contributed by atoms with Crippen molar-refractivity contribution >= 4 is 59.1 Å². The predicted octanol–water partition coefficient (Wildman–Crippen LogP) is -2.06. The van der Waals surface area contributed by atoms with Gasteiger partial charge in [0.15, 0.2) is 0 Å². The SMILES string of the molecule is C[C@@H](NC(=O)[C@H](CO)NC(=O)[C@@H]1CCCN1C(=O)[C@H](Cc1ccc(O)cc1)NC(=O)CNC(=O)[C@H](Cc1ccccc1)NC(=O)CNC(=O)[C@@H](C)NC(=O)[C@@H](N)Cc1ccc(O)cc1)C(=O)N[C@@H](Cc1ccccc1)C(=O)O. The van der Waals surface area contributed by atoms with Crippen LogP contribution in [0.4, 0.5) is 0 Å². The van der Waals surface area contributed by atoms with E-state index in [0.29, 0.717) is 28.7 Å². The fourth-order valence-electron chi connectivity index (χ4n) is 8.28. The zero-order chi connectivity index (χ0) is 56.9. The summed E-state index contributed by atoms with van der Waals surface area (Å²) < 4.78 is 0. The predicted molar refractivity (Wildman–Crippen MR) is 280 cm³/mol. The van der Waals surface area contributed by atoms with E-state index < -0.39 is 127 Å². The third kappa shape index (κ3) is 18.7. The van der Waals surface area contributed by atoms with Gasteiger partial charge in [-0.25, -0.2) is 4.79 Å². The van der Waals surface area contributed by atoms with Crippen LogP contribution in [0.1, 0.15) is 48.9 Å². The fourth-order valence-corrected chi connectivity index (χ4v) is 8.28. The smallest absolute Gasteiger partial charge is 0.326 e. The lowest BCUT2D eigenvalue weighted by Gasteiger charge is -2.30. The second kappa shape index (κ2) is 29.4. The molecule has 0 radical (unpaired) electrons. The summed E-state index contributed by atoms with van der Waals surface area (Å²) in [6.07, 6.45) is 0.334. The summed E-state index contributed by atoms with van der Waals surface area (Å²) in [5, 5.41) is 59.0. The molecule has 0 saturated carbocycles. The Morgan fingerprint density at radius 1 is 0.526 bits per heavy atom. The average Bonchev–Trinajstić information content (AvgIpc) is 3.93. The van der Waals surface area contributed by atoms with Crippen LogP contribution in [0, 0.1) is 0 Å². The molecule has 1 heterocycles. The largest absolute Gasteiger partial charge is 0.508 e. The summed E-state index contributed by atoms with van der Waals surface area (Å²) in [4.78, 5) is 134. The number of benzene rings is 4. The van der Waals surface area contributed by atoms with Gasteiger partial charge in [0.25, 0.3) is 0 Å². The highest BCUT2D eigenvalue weighted by Gasteiger charge is 2.39. The van der Waals surface area contributed by atoms with E-state index in [4.69, 9.17) is 5.73 Å². The van der Waals surface area contributed by atoms with Crippen molar-refractivity contribution in [2.45, 2.75) is 101 Å². The maximum atomic E-state index is 14.4. The summed E-state index contributed by atoms with van der Waals surface area (Å²) in [6.45, 7) is 0.501. The molecule has 1 fully saturated rings. The van der Waals surface area contributed by atoms with Crippen LogP contribution in [0.2, 0.25) is 0 Å². The Bertz CT molecular complexity index is 2730. The van der Waals surface area contributed by atoms with Gasteiger partial charge >= 0.3 is 5.97 Å². The number of aliphatic carboxylic acids is 1. The topological polar surface area (TPSA) is 377 Å². The van der Waals surface area contributed by atoms with Gasteiger partial charge in [0.1, 0.15) is 53.8 Å². The molecule has 416 valence electrons. The quantitative estimate of drug-likeness (QED) is 0.0306. The van der Waals surface area contributed by atoms with Crippen molar-refractivity contribution in [2.75, 3.05) is 26.2 Å². The second-order valence-corrected chi connectivity index (χ2v) is 18.7. The number of hydrogen-bond donors (Lipinski definition) is 13. The van der Waals surface area contributed by atoms with Gasteiger partial charge in [-0.05, 0) is 79.6 Å². The Morgan fingerprint density at radius 3 is 1.53 bits per heavy atom. The monoisotopic (exact) mass is 1080 g/mol. The number of rotatable bonds is 27. The van der Waals surface area contributed by atoms with Crippen molar-refractivity contribution in [1.82, 2.24) is 47.4 Å². The zero-order valence-corrected chi connectivity index (χ0v) is 43.0. The Kier molecular flexibility index (Phi) is 22.6. The van der Waals surface area contributed by atoms with Crippen LogP contribution in [-0.2, 0) is 73.6 Å². The molecular weight excluding hydrogens is 1010 g/mol. The maximum absolute atomic E-state index is 14.4. The molecule has 0 bridgehead atoms. The Hall–Kier alpha value is -8.90. The van der Waals surface area contributed by atoms with Crippen LogP contribution < -0.4 is 48.3 Å². The first kappa shape index (κ1) is 60.0. The Labute approximate surface area is 449 Å². The molecule has 4 aromatic carbocycles. The molecule has 1 aliphatic rings. The number of nitrogens with two attached hydrogens (primary N) is 1. The van der Waals surface area contributed by atoms with Gasteiger partial charge in [0, 0.05) is 25.8 Å². The van der Waals surface area contributed by atoms with Gasteiger partial charge in [0.05, 0.1) is 25.7 Å². The molecule has 1 aliphatic heterocycles. The minimum atomic E-state index is -1.60. The Balaban J connectivity index is 1.18. The second-order valence-electron chi connectivity index (χ2n) is 18.7. The van der Waals surface area contributed by atoms with Gasteiger partial charge in [-0.15, -0.1) is 0 Å². The molecule has 9 amide bonds. The number of amides is 9. The van der Waals surface area contributed by atoms with Gasteiger partial charge in [0.2, 0.25) is 53.2 Å². The summed E-state index contributed by atoms with van der Waals surface area (Å²) in [5.41, 5.74) is 8.46. The number of likely N-dealkylation sites (tertiary alicyclic amines) is 1. The number of nitrogens with zero attached hydrogens (tertiary/aromatic N) is 1. The Morgan fingerprint density at radius 2 is 0.987 bits per heavy atom. The van der Waals surface area contributed by atoms with Crippen molar-refractivity contribution in [2.24, 2.45) is 5.73 Å². The first-order valence-electron chi connectivity index (χ1n) is 25.1. The highest BCUT2D eigenvalue weighted by Crippen LogP contribution is 2.21. The lowest BCUT2D eigenvalue weighted by molar-refractivity contribution is -0.142. The van der Waals surface area contributed by atoms with Crippen molar-refractivity contribution in [1.29, 1.82) is 0 Å². The van der Waals surface area contributed by atoms with Crippen molar-refractivity contribution in [3.63, 3.8) is 0 Å². The molecule has 0 spiro atoms. The number of phenols is 2. The number of carbonyl (C=O) groups excluding carboxylic acids is 9. The first-order chi connectivity index (χ1) is 37.2. The molecule has 1 saturated heterocycles. The number of carboxylic acid groups (broad SMARTS) is 1. The van der Waals surface area contributed by atoms with E-state index in [2.05, 4.69) is 42.5 Å². The number of aliphatic hydroxyl groups is 1. The molecule has 14 N–H and O–H groups in total. The van der Waals surface area contributed by atoms with E-state index in [-0.39, 0.29) is 50.1 Å². The molecule has 0 aromatic heterocycles. The maximum Gasteiger partial charge on any atom is 0.326 e. The molecule has 5 rings (SSSR count). The number of nitrogens with one attached hydrogen (secondary N) is 8. The van der Waals surface area contributed by atoms with Gasteiger partial charge in [-0.3, -0.25) is 43.2 Å². The molecule has 4 aromatic rings. The summed E-state index contributed by atoms with van der Waals surface area (Å²) in [5.74, 6) is -8.52. The van der Waals surface area contributed by atoms with Gasteiger partial charge < -0.3 is 73.6 Å². The van der Waals surface area contributed by atoms with E-state index >= 15 is 0 Å². The molecular formula is C54H66N10O14. The van der Waals surface area contributed by atoms with E-state index in [1.807, 2.05) is 0 Å². The van der Waals surface area contributed by atoms with Gasteiger partial charge in [-0.2, -0.15) is 0 Å². The van der Waals surface area contributed by atoms with Crippen LogP contribution in [0.25, 0.3) is 0 Å². The highest BCUT2D eigenvalue weighted by atomic mass is 16.4. The summed E-state index contributed by atoms with van der Waals surface area (Å²) in [7, 11) is 0. The number of aromatic hydroxyl groups is 2. The lowest BCUT2D eigenvalue weighted by Crippen LogP contribution is -2.59. The van der Waals surface area contributed by atoms with Crippen LogP contribution in [-0.4, -0.2) is 159 Å². The lowest BCUT2D eigenvalue weighted by atomic mass is 10.0. The highest BCUT2D eigenvalue weighted by molar-refractivity contribution is 5.98. The standard InChI is InChI=1S/C54H66N10O14/c1-31(58-49(72)39(55)24-35-15-19-37(66)20-16-35)47(70)56-28-45(68)60-40(25-33-10-5-3-6-11-33)50(73)57-29-46(69)61-41(26-36-17-21-38(67)22-18-36)53(76)64-23-9-14-44(64)52(75)63-43(30-65)51(74)59-32(2)48(71)62-42(54(77)78)27-34-12-7-4-8-13-34/h3-8,10-13,15-22,31-32,39-44,65-67H,9,14,23-30,55H2,1-2H3,(H,56,70)(H,57,73)(H,58,72)(H,59,74)(H,60,68)(H,61,69)(H,62,71)(H,63,75)(H,77,78)/t31-,32-,39+,40+,41+,42+,43+,44+/m1/s1. The molecule has 78 heavy (non-hydrogen) atoms. The average molecular weight is 1080 g/mol. The van der Waals surface area contributed by atoms with Crippen molar-refractivity contribution in [3.05, 3.63) is 131 Å². The molecule has 0 aliphatic carbocycles. The minimum absolute atomic E-state index is 0.0400. The summed E-state index contributed by atoms with van der Waals surface area (Å²) >= 11 is 0. The van der Waals surface area contributed by atoms with E-state index in [1.54, 1.807) is 72.8 Å². The summed E-state index contributed by atoms with van der Waals surface area (Å²) in [6, 6.07) is 18.8. The normalized spacial score (nSPS) is 15.5. The van der Waals surface area contributed by atoms with Gasteiger partial charge in [-0.1, -0.05) is 84.9 Å². The third-order valence-electron chi connectivity index (χ3n) is 12.6. The van der Waals surface area contributed by atoms with E-state index in [9.17, 15) is 68.4 Å². The van der Waals surface area contributed by atoms with E-state index in [1.165, 1.54) is 55.1 Å². The number of aliphatic hydroxyl groups excluding tert-OH is 1. The van der Waals surface area contributed by atoms with Crippen LogP contribution >= 0.6 is 0 Å². The number of carboxylic acids is 1. The van der Waals surface area contributed by atoms with Crippen LogP contribution in [0.15, 0.2) is 109 Å². The molecule has 24 heteroatoms. The molecule has 0 unspecified atom stereocenters. The van der Waals surface area contributed by atoms with Crippen LogP contribution in [0.3, 0.4) is 0 Å². The molecule has 24 nitrogen and oxygen atoms in total. The van der Waals surface area contributed by atoms with E-state index in [0.717, 1.165) is 0 Å². The van der Waals surface area contributed by atoms with Crippen LogP contribution in [0.5, 0.6) is 11.5 Å². The number of hydrogen-bond acceptors (Lipinski definition) is 14. The number of phenolic OH excluding ortho intramolecular Hbond substituents is 2. The van der Waals surface area contributed by atoms with Crippen molar-refractivity contribution in [3.8, 4) is 11.5 Å². The third-order valence-corrected chi connectivity index (χ3v) is 12.6. The molecule has 8 atom stereocenters. The first-order valence-corrected chi connectivity index (χ1v) is 25.1. The minimum Gasteiger partial charge on any atom is -0.508 e. The number of carbonyl (C=O) groups is 10.